The second-order valence-corrected chi connectivity index (χ2v) is 6.56. The summed E-state index contributed by atoms with van der Waals surface area (Å²) in [6, 6.07) is 9.70. The lowest BCUT2D eigenvalue weighted by atomic mass is 9.97. The Morgan fingerprint density at radius 2 is 2.16 bits per heavy atom. The number of hydrogen-bond acceptors (Lipinski definition) is 5. The molecule has 0 aromatic carbocycles. The summed E-state index contributed by atoms with van der Waals surface area (Å²) in [7, 11) is 0. The van der Waals surface area contributed by atoms with Crippen LogP contribution in [-0.2, 0) is 11.3 Å². The number of hydrogen-bond donors (Lipinski definition) is 0. The fourth-order valence-electron chi connectivity index (χ4n) is 3.71. The van der Waals surface area contributed by atoms with Crippen molar-refractivity contribution in [1.82, 2.24) is 19.8 Å². The van der Waals surface area contributed by atoms with E-state index < -0.39 is 0 Å². The highest BCUT2D eigenvalue weighted by molar-refractivity contribution is 5.94. The van der Waals surface area contributed by atoms with Crippen LogP contribution in [-0.4, -0.2) is 64.1 Å². The summed E-state index contributed by atoms with van der Waals surface area (Å²) in [6.45, 7) is 3.82. The van der Waals surface area contributed by atoms with Crippen LogP contribution in [0.5, 0.6) is 0 Å². The van der Waals surface area contributed by atoms with Crippen molar-refractivity contribution < 1.29 is 9.53 Å². The monoisotopic (exact) mass is 338 g/mol. The summed E-state index contributed by atoms with van der Waals surface area (Å²) in [4.78, 5) is 25.7. The van der Waals surface area contributed by atoms with Gasteiger partial charge in [0.25, 0.3) is 5.91 Å². The van der Waals surface area contributed by atoms with Crippen molar-refractivity contribution in [2.24, 2.45) is 0 Å². The molecule has 0 unspecified atom stereocenters. The number of carbonyl (C=O) groups excluding carboxylic acids is 1. The highest BCUT2D eigenvalue weighted by Gasteiger charge is 2.39. The minimum atomic E-state index is 0.0473. The lowest BCUT2D eigenvalue weighted by molar-refractivity contribution is -0.0915. The third-order valence-electron chi connectivity index (χ3n) is 4.95. The first-order chi connectivity index (χ1) is 12.3. The molecular formula is C19H22N4O2. The van der Waals surface area contributed by atoms with Crippen molar-refractivity contribution in [1.29, 1.82) is 0 Å². The molecule has 1 amide bonds. The van der Waals surface area contributed by atoms with Crippen LogP contribution in [0, 0.1) is 0 Å². The van der Waals surface area contributed by atoms with Crippen LogP contribution in [0.15, 0.2) is 48.9 Å². The molecule has 2 atom stereocenters. The number of rotatable bonds is 3. The molecule has 2 saturated heterocycles. The first-order valence-electron chi connectivity index (χ1n) is 8.76. The molecule has 2 aromatic heterocycles. The Bertz CT molecular complexity index is 710. The van der Waals surface area contributed by atoms with Crippen LogP contribution in [0.1, 0.15) is 22.5 Å². The normalized spacial score (nSPS) is 23.9. The number of carbonyl (C=O) groups is 1. The van der Waals surface area contributed by atoms with Gasteiger partial charge in [-0.15, -0.1) is 0 Å². The van der Waals surface area contributed by atoms with Crippen molar-refractivity contribution in [3.63, 3.8) is 0 Å². The molecule has 0 N–H and O–H groups in total. The van der Waals surface area contributed by atoms with Crippen LogP contribution < -0.4 is 0 Å². The summed E-state index contributed by atoms with van der Waals surface area (Å²) in [5.41, 5.74) is 1.70. The Hall–Kier alpha value is -2.31. The van der Waals surface area contributed by atoms with E-state index in [0.29, 0.717) is 18.7 Å². The molecule has 2 aliphatic heterocycles. The standard InChI is InChI=1S/C19H22N4O2/c24-19(15-4-3-7-20-12-15)23-10-11-25-18-6-9-22(14-17(18)23)13-16-5-1-2-8-21-16/h1-5,7-8,12,17-18H,6,9-11,13-14H2/t17-,18-/m0/s1. The molecule has 4 rings (SSSR count). The van der Waals surface area contributed by atoms with Gasteiger partial charge in [0.2, 0.25) is 0 Å². The number of pyridine rings is 2. The summed E-state index contributed by atoms with van der Waals surface area (Å²) in [5.74, 6) is 0.0473. The minimum Gasteiger partial charge on any atom is -0.374 e. The van der Waals surface area contributed by atoms with Crippen LogP contribution >= 0.6 is 0 Å². The van der Waals surface area contributed by atoms with Crippen molar-refractivity contribution >= 4 is 5.91 Å². The topological polar surface area (TPSA) is 58.6 Å². The van der Waals surface area contributed by atoms with E-state index in [-0.39, 0.29) is 18.1 Å². The number of nitrogens with zero attached hydrogens (tertiary/aromatic N) is 4. The molecule has 130 valence electrons. The van der Waals surface area contributed by atoms with Gasteiger partial charge in [-0.05, 0) is 30.7 Å². The molecule has 25 heavy (non-hydrogen) atoms. The number of likely N-dealkylation sites (tertiary alicyclic amines) is 1. The summed E-state index contributed by atoms with van der Waals surface area (Å²) >= 11 is 0. The van der Waals surface area contributed by atoms with E-state index in [1.165, 1.54) is 0 Å². The van der Waals surface area contributed by atoms with Gasteiger partial charge in [-0.3, -0.25) is 19.7 Å². The molecule has 4 heterocycles. The first-order valence-corrected chi connectivity index (χ1v) is 8.76. The summed E-state index contributed by atoms with van der Waals surface area (Å²) in [6.07, 6.45) is 6.21. The Labute approximate surface area is 147 Å². The molecule has 0 radical (unpaired) electrons. The van der Waals surface area contributed by atoms with E-state index in [4.69, 9.17) is 4.74 Å². The number of piperidine rings is 1. The van der Waals surface area contributed by atoms with Gasteiger partial charge in [0, 0.05) is 44.8 Å². The number of morpholine rings is 1. The molecular weight excluding hydrogens is 316 g/mol. The third kappa shape index (κ3) is 3.55. The highest BCUT2D eigenvalue weighted by Crippen LogP contribution is 2.25. The molecule has 0 saturated carbocycles. The summed E-state index contributed by atoms with van der Waals surface area (Å²) < 4.78 is 5.94. The number of amides is 1. The van der Waals surface area contributed by atoms with Crippen molar-refractivity contribution in [2.75, 3.05) is 26.2 Å². The van der Waals surface area contributed by atoms with Crippen LogP contribution in [0.2, 0.25) is 0 Å². The zero-order valence-electron chi connectivity index (χ0n) is 14.1. The SMILES string of the molecule is O=C(c1cccnc1)N1CCO[C@H]2CCN(Cc3ccccn3)C[C@@H]21. The predicted molar refractivity (Wildman–Crippen MR) is 92.9 cm³/mol. The smallest absolute Gasteiger partial charge is 0.255 e. The molecule has 2 fully saturated rings. The van der Waals surface area contributed by atoms with Gasteiger partial charge in [0.05, 0.1) is 30.0 Å². The highest BCUT2D eigenvalue weighted by atomic mass is 16.5. The Balaban J connectivity index is 1.49. The predicted octanol–water partition coefficient (Wildman–Crippen LogP) is 1.59. The van der Waals surface area contributed by atoms with Gasteiger partial charge in [-0.2, -0.15) is 0 Å². The average Bonchev–Trinajstić information content (AvgIpc) is 2.68. The molecule has 2 aromatic rings. The van der Waals surface area contributed by atoms with Gasteiger partial charge in [0.1, 0.15) is 0 Å². The van der Waals surface area contributed by atoms with E-state index in [1.807, 2.05) is 35.4 Å². The molecule has 0 aliphatic carbocycles. The third-order valence-corrected chi connectivity index (χ3v) is 4.95. The van der Waals surface area contributed by atoms with Gasteiger partial charge in [-0.25, -0.2) is 0 Å². The van der Waals surface area contributed by atoms with Crippen LogP contribution in [0.4, 0.5) is 0 Å². The number of fused-ring (bicyclic) bond motifs is 1. The Morgan fingerprint density at radius 1 is 1.20 bits per heavy atom. The zero-order chi connectivity index (χ0) is 17.1. The van der Waals surface area contributed by atoms with Crippen molar-refractivity contribution in [3.8, 4) is 0 Å². The molecule has 0 spiro atoms. The zero-order valence-corrected chi connectivity index (χ0v) is 14.1. The number of aromatic nitrogens is 2. The van der Waals surface area contributed by atoms with Gasteiger partial charge < -0.3 is 9.64 Å². The second-order valence-electron chi connectivity index (χ2n) is 6.56. The molecule has 6 heteroatoms. The second kappa shape index (κ2) is 7.29. The van der Waals surface area contributed by atoms with E-state index in [0.717, 1.165) is 31.7 Å². The van der Waals surface area contributed by atoms with Crippen LogP contribution in [0.3, 0.4) is 0 Å². The fraction of sp³-hybridized carbons (Fsp3) is 0.421. The maximum atomic E-state index is 12.9. The van der Waals surface area contributed by atoms with Crippen LogP contribution in [0.25, 0.3) is 0 Å². The first kappa shape index (κ1) is 16.2. The molecule has 0 bridgehead atoms. The van der Waals surface area contributed by atoms with Gasteiger partial charge in [-0.1, -0.05) is 6.07 Å². The lowest BCUT2D eigenvalue weighted by Crippen LogP contribution is -2.61. The van der Waals surface area contributed by atoms with Crippen molar-refractivity contribution in [3.05, 3.63) is 60.2 Å². The maximum absolute atomic E-state index is 12.9. The maximum Gasteiger partial charge on any atom is 0.255 e. The van der Waals surface area contributed by atoms with E-state index >= 15 is 0 Å². The van der Waals surface area contributed by atoms with E-state index in [2.05, 4.69) is 14.9 Å². The number of ether oxygens (including phenoxy) is 1. The Morgan fingerprint density at radius 3 is 2.96 bits per heavy atom. The van der Waals surface area contributed by atoms with E-state index in [1.54, 1.807) is 18.5 Å². The molecule has 2 aliphatic rings. The van der Waals surface area contributed by atoms with Crippen molar-refractivity contribution in [2.45, 2.75) is 25.1 Å². The van der Waals surface area contributed by atoms with Gasteiger partial charge in [0.15, 0.2) is 0 Å². The van der Waals surface area contributed by atoms with E-state index in [9.17, 15) is 4.79 Å². The molecule has 6 nitrogen and oxygen atoms in total. The minimum absolute atomic E-state index is 0.0473. The summed E-state index contributed by atoms with van der Waals surface area (Å²) in [5, 5.41) is 0. The lowest BCUT2D eigenvalue weighted by Gasteiger charge is -2.47. The largest absolute Gasteiger partial charge is 0.374 e. The average molecular weight is 338 g/mol. The van der Waals surface area contributed by atoms with Gasteiger partial charge >= 0.3 is 0 Å². The Kier molecular flexibility index (Phi) is 4.72. The fourth-order valence-corrected chi connectivity index (χ4v) is 3.71. The quantitative estimate of drug-likeness (QED) is 0.851.